The van der Waals surface area contributed by atoms with E-state index in [1.807, 2.05) is 24.3 Å². The Bertz CT molecular complexity index is 945. The van der Waals surface area contributed by atoms with Gasteiger partial charge in [0.25, 0.3) is 0 Å². The molecule has 1 N–H and O–H groups in total. The molecule has 0 radical (unpaired) electrons. The van der Waals surface area contributed by atoms with Gasteiger partial charge in [-0.25, -0.2) is 0 Å². The number of anilines is 1. The molecule has 0 aliphatic carbocycles. The largest absolute Gasteiger partial charge is 0.493 e. The van der Waals surface area contributed by atoms with Crippen LogP contribution in [0.25, 0.3) is 0 Å². The number of amides is 2. The zero-order valence-corrected chi connectivity index (χ0v) is 18.5. The average molecular weight is 431 g/mol. The number of carbonyl (C=O) groups excluding carboxylic acids is 2. The van der Waals surface area contributed by atoms with Gasteiger partial charge in [0, 0.05) is 41.7 Å². The van der Waals surface area contributed by atoms with E-state index in [1.165, 1.54) is 0 Å². The molecule has 1 aliphatic heterocycles. The molecule has 2 aromatic rings. The summed E-state index contributed by atoms with van der Waals surface area (Å²) in [5, 5.41) is 3.68. The molecule has 2 aromatic carbocycles. The van der Waals surface area contributed by atoms with Crippen LogP contribution in [0, 0.1) is 5.92 Å². The van der Waals surface area contributed by atoms with Gasteiger partial charge in [0.2, 0.25) is 11.8 Å². The molecule has 2 amide bonds. The van der Waals surface area contributed by atoms with Crippen molar-refractivity contribution in [2.24, 2.45) is 5.92 Å². The molecule has 1 heterocycles. The lowest BCUT2D eigenvalue weighted by Gasteiger charge is -2.26. The monoisotopic (exact) mass is 430 g/mol. The van der Waals surface area contributed by atoms with Crippen molar-refractivity contribution in [3.05, 3.63) is 53.1 Å². The number of hydrogen-bond acceptors (Lipinski definition) is 4. The zero-order valence-electron chi connectivity index (χ0n) is 17.7. The van der Waals surface area contributed by atoms with Crippen molar-refractivity contribution in [1.29, 1.82) is 0 Å². The van der Waals surface area contributed by atoms with Crippen LogP contribution < -0.4 is 19.7 Å². The van der Waals surface area contributed by atoms with E-state index >= 15 is 0 Å². The molecule has 3 rings (SSSR count). The first-order chi connectivity index (χ1) is 14.2. The summed E-state index contributed by atoms with van der Waals surface area (Å²) in [6.45, 7) is 4.88. The maximum absolute atomic E-state index is 12.8. The van der Waals surface area contributed by atoms with E-state index in [9.17, 15) is 9.59 Å². The Morgan fingerprint density at radius 1 is 1.17 bits per heavy atom. The highest BCUT2D eigenvalue weighted by Crippen LogP contribution is 2.34. The first-order valence-electron chi connectivity index (χ1n) is 9.81. The molecule has 30 heavy (non-hydrogen) atoms. The molecular weight excluding hydrogens is 404 g/mol. The molecule has 1 saturated heterocycles. The minimum Gasteiger partial charge on any atom is -0.493 e. The van der Waals surface area contributed by atoms with Gasteiger partial charge in [0.05, 0.1) is 20.1 Å². The predicted octanol–water partition coefficient (Wildman–Crippen LogP) is 3.80. The molecular formula is C23H27ClN2O4. The molecule has 0 saturated carbocycles. The van der Waals surface area contributed by atoms with E-state index in [4.69, 9.17) is 21.1 Å². The minimum atomic E-state index is -0.402. The lowest BCUT2D eigenvalue weighted by molar-refractivity contribution is -0.126. The van der Waals surface area contributed by atoms with Gasteiger partial charge >= 0.3 is 0 Å². The molecule has 0 bridgehead atoms. The third-order valence-electron chi connectivity index (χ3n) is 5.49. The number of methoxy groups -OCH3 is 2. The summed E-state index contributed by atoms with van der Waals surface area (Å²) in [4.78, 5) is 27.0. The van der Waals surface area contributed by atoms with Crippen LogP contribution in [0.5, 0.6) is 11.5 Å². The molecule has 1 unspecified atom stereocenters. The van der Waals surface area contributed by atoms with Crippen molar-refractivity contribution in [1.82, 2.24) is 5.32 Å². The average Bonchev–Trinajstić information content (AvgIpc) is 3.13. The number of rotatable bonds is 7. The maximum Gasteiger partial charge on any atom is 0.227 e. The summed E-state index contributed by atoms with van der Waals surface area (Å²) in [5.41, 5.74) is 1.45. The van der Waals surface area contributed by atoms with Crippen molar-refractivity contribution in [3.8, 4) is 11.5 Å². The fourth-order valence-corrected chi connectivity index (χ4v) is 3.78. The second-order valence-corrected chi connectivity index (χ2v) is 8.49. The van der Waals surface area contributed by atoms with Crippen LogP contribution in [0.4, 0.5) is 5.69 Å². The van der Waals surface area contributed by atoms with Gasteiger partial charge in [-0.1, -0.05) is 37.6 Å². The van der Waals surface area contributed by atoms with Gasteiger partial charge in [-0.3, -0.25) is 9.59 Å². The van der Waals surface area contributed by atoms with E-state index in [-0.39, 0.29) is 23.7 Å². The Kier molecular flexibility index (Phi) is 6.56. The Morgan fingerprint density at radius 3 is 2.57 bits per heavy atom. The Morgan fingerprint density at radius 2 is 1.90 bits per heavy atom. The number of ether oxygens (including phenoxy) is 2. The summed E-state index contributed by atoms with van der Waals surface area (Å²) < 4.78 is 10.6. The highest BCUT2D eigenvalue weighted by atomic mass is 35.5. The normalized spacial score (nSPS) is 16.5. The van der Waals surface area contributed by atoms with Gasteiger partial charge in [-0.15, -0.1) is 0 Å². The standard InChI is InChI=1S/C23H27ClN2O4/c1-23(2,16-6-5-7-17(24)11-16)14-25-22(28)15-10-21(27)26(13-15)18-8-9-19(29-3)20(12-18)30-4/h5-9,11-12,15H,10,13-14H2,1-4H3,(H,25,28). The molecule has 1 fully saturated rings. The lowest BCUT2D eigenvalue weighted by atomic mass is 9.84. The summed E-state index contributed by atoms with van der Waals surface area (Å²) in [6.07, 6.45) is 0.178. The van der Waals surface area contributed by atoms with Crippen molar-refractivity contribution in [3.63, 3.8) is 0 Å². The molecule has 1 atom stereocenters. The van der Waals surface area contributed by atoms with Gasteiger partial charge in [-0.05, 0) is 29.8 Å². The highest BCUT2D eigenvalue weighted by molar-refractivity contribution is 6.30. The van der Waals surface area contributed by atoms with Gasteiger partial charge in [0.15, 0.2) is 11.5 Å². The van der Waals surface area contributed by atoms with E-state index in [2.05, 4.69) is 19.2 Å². The molecule has 7 heteroatoms. The van der Waals surface area contributed by atoms with Crippen molar-refractivity contribution >= 4 is 29.1 Å². The molecule has 6 nitrogen and oxygen atoms in total. The lowest BCUT2D eigenvalue weighted by Crippen LogP contribution is -2.40. The van der Waals surface area contributed by atoms with Crippen LogP contribution in [-0.4, -0.2) is 39.1 Å². The van der Waals surface area contributed by atoms with Crippen LogP contribution >= 0.6 is 11.6 Å². The van der Waals surface area contributed by atoms with Crippen molar-refractivity contribution in [2.45, 2.75) is 25.7 Å². The second kappa shape index (κ2) is 8.96. The number of hydrogen-bond donors (Lipinski definition) is 1. The van der Waals surface area contributed by atoms with Gasteiger partial charge in [-0.2, -0.15) is 0 Å². The number of nitrogens with one attached hydrogen (secondary N) is 1. The number of halogens is 1. The third kappa shape index (κ3) is 4.70. The van der Waals surface area contributed by atoms with Crippen LogP contribution in [0.3, 0.4) is 0 Å². The first kappa shape index (κ1) is 22.0. The number of carbonyl (C=O) groups is 2. The van der Waals surface area contributed by atoms with Gasteiger partial charge < -0.3 is 19.7 Å². The predicted molar refractivity (Wildman–Crippen MR) is 117 cm³/mol. The van der Waals surface area contributed by atoms with Crippen LogP contribution in [-0.2, 0) is 15.0 Å². The summed E-state index contributed by atoms with van der Waals surface area (Å²) in [5.74, 6) is 0.517. The van der Waals surface area contributed by atoms with E-state index in [0.717, 1.165) is 5.56 Å². The smallest absolute Gasteiger partial charge is 0.227 e. The fraction of sp³-hybridized carbons (Fsp3) is 0.391. The Balaban J connectivity index is 1.65. The molecule has 1 aliphatic rings. The minimum absolute atomic E-state index is 0.0866. The van der Waals surface area contributed by atoms with Crippen LogP contribution in [0.2, 0.25) is 5.02 Å². The second-order valence-electron chi connectivity index (χ2n) is 8.06. The van der Waals surface area contributed by atoms with Crippen molar-refractivity contribution in [2.75, 3.05) is 32.2 Å². The van der Waals surface area contributed by atoms with Crippen molar-refractivity contribution < 1.29 is 19.1 Å². The number of nitrogens with zero attached hydrogens (tertiary/aromatic N) is 1. The highest BCUT2D eigenvalue weighted by Gasteiger charge is 2.36. The zero-order chi connectivity index (χ0) is 21.9. The summed E-state index contributed by atoms with van der Waals surface area (Å²) >= 11 is 6.10. The SMILES string of the molecule is COc1ccc(N2CC(C(=O)NCC(C)(C)c3cccc(Cl)c3)CC2=O)cc1OC. The van der Waals surface area contributed by atoms with E-state index in [0.29, 0.717) is 35.3 Å². The third-order valence-corrected chi connectivity index (χ3v) is 5.72. The Labute approximate surface area is 182 Å². The van der Waals surface area contributed by atoms with E-state index < -0.39 is 5.92 Å². The molecule has 0 aromatic heterocycles. The fourth-order valence-electron chi connectivity index (χ4n) is 3.59. The molecule has 0 spiro atoms. The topological polar surface area (TPSA) is 67.9 Å². The summed E-state index contributed by atoms with van der Waals surface area (Å²) in [6, 6.07) is 12.9. The number of benzene rings is 2. The van der Waals surface area contributed by atoms with Crippen LogP contribution in [0.15, 0.2) is 42.5 Å². The first-order valence-corrected chi connectivity index (χ1v) is 10.2. The maximum atomic E-state index is 12.8. The van der Waals surface area contributed by atoms with Crippen LogP contribution in [0.1, 0.15) is 25.8 Å². The van der Waals surface area contributed by atoms with Gasteiger partial charge in [0.1, 0.15) is 0 Å². The van der Waals surface area contributed by atoms with E-state index in [1.54, 1.807) is 37.3 Å². The molecule has 160 valence electrons. The quantitative estimate of drug-likeness (QED) is 0.725. The summed E-state index contributed by atoms with van der Waals surface area (Å²) in [7, 11) is 3.11. The Hall–Kier alpha value is -2.73.